The summed E-state index contributed by atoms with van der Waals surface area (Å²) in [6.45, 7) is 3.44. The van der Waals surface area contributed by atoms with Crippen molar-refractivity contribution in [2.75, 3.05) is 6.79 Å². The van der Waals surface area contributed by atoms with E-state index in [9.17, 15) is 0 Å². The van der Waals surface area contributed by atoms with Gasteiger partial charge in [-0.05, 0) is 48.9 Å². The summed E-state index contributed by atoms with van der Waals surface area (Å²) in [6, 6.07) is 9.86. The molecule has 1 aromatic carbocycles. The first-order chi connectivity index (χ1) is 15.2. The first-order valence-electron chi connectivity index (χ1n) is 11.3. The lowest BCUT2D eigenvalue weighted by Crippen LogP contribution is -2.17. The molecule has 0 spiro atoms. The molecule has 2 aliphatic rings. The third-order valence-corrected chi connectivity index (χ3v) is 6.83. The van der Waals surface area contributed by atoms with E-state index in [0.29, 0.717) is 23.1 Å². The molecule has 162 valence electrons. The highest BCUT2D eigenvalue weighted by Gasteiger charge is 2.24. The first kappa shape index (κ1) is 20.4. The topological polar surface area (TPSA) is 49.2 Å². The molecule has 1 aliphatic carbocycles. The second-order valence-electron chi connectivity index (χ2n) is 8.50. The molecule has 0 radical (unpaired) electrons. The first-order valence-corrected chi connectivity index (χ1v) is 11.7. The summed E-state index contributed by atoms with van der Waals surface area (Å²) in [5.41, 5.74) is 5.38. The number of rotatable bonds is 6. The second kappa shape index (κ2) is 8.91. The van der Waals surface area contributed by atoms with Crippen molar-refractivity contribution in [3.63, 3.8) is 0 Å². The maximum atomic E-state index is 6.64. The predicted octanol–water partition coefficient (Wildman–Crippen LogP) is 6.06. The number of aromatic nitrogens is 3. The molecule has 0 amide bonds. The Hall–Kier alpha value is -2.53. The maximum absolute atomic E-state index is 6.64. The molecule has 0 bridgehead atoms. The molecule has 0 unspecified atom stereocenters. The predicted molar refractivity (Wildman–Crippen MR) is 122 cm³/mol. The van der Waals surface area contributed by atoms with E-state index in [4.69, 9.17) is 26.2 Å². The van der Waals surface area contributed by atoms with Crippen LogP contribution in [0.5, 0.6) is 11.5 Å². The van der Waals surface area contributed by atoms with Crippen LogP contribution in [0, 0.1) is 5.92 Å². The van der Waals surface area contributed by atoms with Gasteiger partial charge in [0, 0.05) is 41.5 Å². The molecule has 3 heterocycles. The number of hydrogen-bond donors (Lipinski definition) is 0. The summed E-state index contributed by atoms with van der Waals surface area (Å²) in [4.78, 5) is 4.61. The van der Waals surface area contributed by atoms with Gasteiger partial charge in [-0.2, -0.15) is 5.10 Å². The molecule has 6 heteroatoms. The fourth-order valence-electron chi connectivity index (χ4n) is 4.87. The maximum Gasteiger partial charge on any atom is 0.231 e. The van der Waals surface area contributed by atoms with Crippen LogP contribution in [0.4, 0.5) is 0 Å². The van der Waals surface area contributed by atoms with Gasteiger partial charge in [0.05, 0.1) is 5.69 Å². The Bertz CT molecular complexity index is 1060. The minimum absolute atomic E-state index is 0.244. The number of hydrogen-bond acceptors (Lipinski definition) is 4. The molecule has 5 rings (SSSR count). The van der Waals surface area contributed by atoms with E-state index in [0.717, 1.165) is 35.7 Å². The van der Waals surface area contributed by atoms with Crippen LogP contribution in [0.3, 0.4) is 0 Å². The highest BCUT2D eigenvalue weighted by Crippen LogP contribution is 2.39. The van der Waals surface area contributed by atoms with Gasteiger partial charge < -0.3 is 9.47 Å². The Morgan fingerprint density at radius 1 is 1.10 bits per heavy atom. The summed E-state index contributed by atoms with van der Waals surface area (Å²) >= 11 is 6.64. The third kappa shape index (κ3) is 4.16. The Balaban J connectivity index is 1.56. The zero-order chi connectivity index (χ0) is 21.2. The lowest BCUT2D eigenvalue weighted by molar-refractivity contribution is 0.174. The van der Waals surface area contributed by atoms with Gasteiger partial charge in [0.2, 0.25) is 6.79 Å². The molecule has 0 saturated heterocycles. The monoisotopic (exact) mass is 437 g/mol. The normalized spacial score (nSPS) is 16.1. The Labute approximate surface area is 188 Å². The molecule has 1 fully saturated rings. The fourth-order valence-corrected chi connectivity index (χ4v) is 5.10. The van der Waals surface area contributed by atoms with Crippen molar-refractivity contribution in [3.8, 4) is 22.9 Å². The Kier molecular flexibility index (Phi) is 5.86. The van der Waals surface area contributed by atoms with Crippen LogP contribution in [0.25, 0.3) is 11.4 Å². The van der Waals surface area contributed by atoms with Gasteiger partial charge in [-0.1, -0.05) is 43.9 Å². The number of ether oxygens (including phenoxy) is 2. The SMILES string of the molecule is CCc1c(Cc2cc3c(cc2Cl)OCO3)c(-c2ccccn2)nn1CC1CCCCC1. The van der Waals surface area contributed by atoms with Crippen molar-refractivity contribution >= 4 is 11.6 Å². The van der Waals surface area contributed by atoms with Gasteiger partial charge in [0.15, 0.2) is 11.5 Å². The van der Waals surface area contributed by atoms with Gasteiger partial charge >= 0.3 is 0 Å². The lowest BCUT2D eigenvalue weighted by Gasteiger charge is -2.22. The summed E-state index contributed by atoms with van der Waals surface area (Å²) in [5, 5.41) is 5.79. The lowest BCUT2D eigenvalue weighted by atomic mass is 9.89. The van der Waals surface area contributed by atoms with Crippen LogP contribution < -0.4 is 9.47 Å². The van der Waals surface area contributed by atoms with Crippen molar-refractivity contribution in [1.82, 2.24) is 14.8 Å². The summed E-state index contributed by atoms with van der Waals surface area (Å²) in [5.74, 6) is 2.17. The largest absolute Gasteiger partial charge is 0.454 e. The summed E-state index contributed by atoms with van der Waals surface area (Å²) in [6.07, 6.45) is 10.1. The minimum Gasteiger partial charge on any atom is -0.454 e. The summed E-state index contributed by atoms with van der Waals surface area (Å²) in [7, 11) is 0. The van der Waals surface area contributed by atoms with Crippen molar-refractivity contribution in [3.05, 3.63) is 58.4 Å². The number of benzene rings is 1. The van der Waals surface area contributed by atoms with Gasteiger partial charge in [-0.3, -0.25) is 9.67 Å². The zero-order valence-electron chi connectivity index (χ0n) is 17.9. The summed E-state index contributed by atoms with van der Waals surface area (Å²) < 4.78 is 13.3. The van der Waals surface area contributed by atoms with Crippen LogP contribution in [-0.2, 0) is 19.4 Å². The van der Waals surface area contributed by atoms with Gasteiger partial charge in [0.1, 0.15) is 5.69 Å². The van der Waals surface area contributed by atoms with E-state index in [1.54, 1.807) is 0 Å². The Morgan fingerprint density at radius 2 is 1.90 bits per heavy atom. The van der Waals surface area contributed by atoms with E-state index in [1.807, 2.05) is 36.5 Å². The van der Waals surface area contributed by atoms with Crippen LogP contribution in [0.2, 0.25) is 5.02 Å². The van der Waals surface area contributed by atoms with E-state index in [-0.39, 0.29) is 6.79 Å². The molecule has 0 N–H and O–H groups in total. The number of pyridine rings is 1. The molecule has 1 saturated carbocycles. The standard InChI is InChI=1S/C25H28ClN3O2/c1-2-22-19(12-18-13-23-24(14-20(18)26)31-16-30-23)25(21-10-6-7-11-27-21)28-29(22)15-17-8-4-3-5-9-17/h6-7,10-11,13-14,17H,2-5,8-9,12,15-16H2,1H3. The van der Waals surface area contributed by atoms with Gasteiger partial charge in [-0.15, -0.1) is 0 Å². The molecular formula is C25H28ClN3O2. The fraction of sp³-hybridized carbons (Fsp3) is 0.440. The van der Waals surface area contributed by atoms with Crippen LogP contribution in [0.1, 0.15) is 55.8 Å². The minimum atomic E-state index is 0.244. The number of nitrogens with zero attached hydrogens (tertiary/aromatic N) is 3. The smallest absolute Gasteiger partial charge is 0.231 e. The number of halogens is 1. The zero-order valence-corrected chi connectivity index (χ0v) is 18.7. The van der Waals surface area contributed by atoms with Gasteiger partial charge in [-0.25, -0.2) is 0 Å². The van der Waals surface area contributed by atoms with E-state index in [1.165, 1.54) is 43.4 Å². The average Bonchev–Trinajstić information content (AvgIpc) is 3.39. The molecule has 0 atom stereocenters. The molecular weight excluding hydrogens is 410 g/mol. The molecule has 5 nitrogen and oxygen atoms in total. The molecule has 2 aromatic heterocycles. The van der Waals surface area contributed by atoms with Gasteiger partial charge in [0.25, 0.3) is 0 Å². The Morgan fingerprint density at radius 3 is 2.65 bits per heavy atom. The van der Waals surface area contributed by atoms with Crippen molar-refractivity contribution in [2.24, 2.45) is 5.92 Å². The highest BCUT2D eigenvalue weighted by molar-refractivity contribution is 6.31. The molecule has 1 aliphatic heterocycles. The quantitative estimate of drug-likeness (QED) is 0.470. The molecule has 31 heavy (non-hydrogen) atoms. The second-order valence-corrected chi connectivity index (χ2v) is 8.91. The van der Waals surface area contributed by atoms with Crippen LogP contribution >= 0.6 is 11.6 Å². The van der Waals surface area contributed by atoms with Crippen molar-refractivity contribution in [2.45, 2.75) is 58.4 Å². The van der Waals surface area contributed by atoms with Crippen molar-refractivity contribution < 1.29 is 9.47 Å². The molecule has 3 aromatic rings. The van der Waals surface area contributed by atoms with Crippen LogP contribution in [0.15, 0.2) is 36.5 Å². The van der Waals surface area contributed by atoms with E-state index in [2.05, 4.69) is 16.6 Å². The van der Waals surface area contributed by atoms with E-state index < -0.39 is 0 Å². The highest BCUT2D eigenvalue weighted by atomic mass is 35.5. The van der Waals surface area contributed by atoms with Crippen LogP contribution in [-0.4, -0.2) is 21.6 Å². The van der Waals surface area contributed by atoms with Crippen molar-refractivity contribution in [1.29, 1.82) is 0 Å². The van der Waals surface area contributed by atoms with E-state index >= 15 is 0 Å². The third-order valence-electron chi connectivity index (χ3n) is 6.47. The number of fused-ring (bicyclic) bond motifs is 1. The average molecular weight is 438 g/mol.